The van der Waals surface area contributed by atoms with Crippen LogP contribution in [0.4, 0.5) is 10.1 Å². The van der Waals surface area contributed by atoms with E-state index in [1.807, 2.05) is 0 Å². The number of non-ortho nitro benzene ring substituents is 1. The molecule has 0 saturated heterocycles. The molecule has 0 atom stereocenters. The average Bonchev–Trinajstić information content (AvgIpc) is 2.83. The molecular weight excluding hydrogens is 263 g/mol. The molecule has 0 aliphatic carbocycles. The van der Waals surface area contributed by atoms with Gasteiger partial charge in [-0.1, -0.05) is 12.1 Å². The Morgan fingerprint density at radius 1 is 1.30 bits per heavy atom. The van der Waals surface area contributed by atoms with Crippen molar-refractivity contribution in [3.63, 3.8) is 0 Å². The fourth-order valence-corrected chi connectivity index (χ4v) is 2.04. The van der Waals surface area contributed by atoms with Gasteiger partial charge in [0.25, 0.3) is 5.69 Å². The zero-order valence-electron chi connectivity index (χ0n) is 10.5. The zero-order chi connectivity index (χ0) is 14.3. The first-order chi connectivity index (χ1) is 9.56. The molecular formula is C14H9FN2O3. The number of benzene rings is 2. The topological polar surface area (TPSA) is 69.2 Å². The molecule has 0 bridgehead atoms. The lowest BCUT2D eigenvalue weighted by atomic mass is 10.2. The third-order valence-electron chi connectivity index (χ3n) is 2.98. The van der Waals surface area contributed by atoms with E-state index in [9.17, 15) is 14.5 Å². The van der Waals surface area contributed by atoms with Gasteiger partial charge in [0.2, 0.25) is 5.89 Å². The number of aryl methyl sites for hydroxylation is 1. The van der Waals surface area contributed by atoms with E-state index in [-0.39, 0.29) is 17.1 Å². The Bertz CT molecular complexity index is 826. The van der Waals surface area contributed by atoms with E-state index in [1.165, 1.54) is 18.2 Å². The summed E-state index contributed by atoms with van der Waals surface area (Å²) < 4.78 is 19.2. The van der Waals surface area contributed by atoms with Crippen LogP contribution in [0.2, 0.25) is 0 Å². The molecule has 0 spiro atoms. The molecule has 0 amide bonds. The second kappa shape index (κ2) is 4.41. The number of nitrogens with zero attached hydrogens (tertiary/aromatic N) is 2. The minimum atomic E-state index is -0.496. The molecule has 0 aliphatic rings. The number of hydrogen-bond acceptors (Lipinski definition) is 4. The van der Waals surface area contributed by atoms with Crippen molar-refractivity contribution in [1.29, 1.82) is 0 Å². The highest BCUT2D eigenvalue weighted by atomic mass is 19.1. The van der Waals surface area contributed by atoms with Gasteiger partial charge in [-0.2, -0.15) is 0 Å². The number of hydrogen-bond donors (Lipinski definition) is 0. The van der Waals surface area contributed by atoms with E-state index in [0.717, 1.165) is 0 Å². The molecule has 20 heavy (non-hydrogen) atoms. The predicted octanol–water partition coefficient (Wildman–Crippen LogP) is 3.85. The predicted molar refractivity (Wildman–Crippen MR) is 70.8 cm³/mol. The number of aromatic nitrogens is 1. The maximum Gasteiger partial charge on any atom is 0.272 e. The van der Waals surface area contributed by atoms with Gasteiger partial charge in [-0.3, -0.25) is 10.1 Å². The Balaban J connectivity index is 2.23. The van der Waals surface area contributed by atoms with E-state index in [4.69, 9.17) is 4.42 Å². The highest BCUT2D eigenvalue weighted by Gasteiger charge is 2.17. The van der Waals surface area contributed by atoms with E-state index < -0.39 is 10.7 Å². The van der Waals surface area contributed by atoms with E-state index in [1.54, 1.807) is 25.1 Å². The SMILES string of the molecule is Cc1cc([N+](=O)[O-])cc2nc(-c3ccccc3F)oc12. The smallest absolute Gasteiger partial charge is 0.272 e. The fraction of sp³-hybridized carbons (Fsp3) is 0.0714. The van der Waals surface area contributed by atoms with Gasteiger partial charge in [0.05, 0.1) is 10.5 Å². The molecule has 3 aromatic rings. The molecule has 5 nitrogen and oxygen atoms in total. The van der Waals surface area contributed by atoms with Crippen molar-refractivity contribution in [1.82, 2.24) is 4.98 Å². The maximum absolute atomic E-state index is 13.7. The minimum absolute atomic E-state index is 0.0663. The summed E-state index contributed by atoms with van der Waals surface area (Å²) in [5, 5.41) is 10.8. The molecule has 0 aliphatic heterocycles. The van der Waals surface area contributed by atoms with Crippen LogP contribution < -0.4 is 0 Å². The second-order valence-electron chi connectivity index (χ2n) is 4.37. The van der Waals surface area contributed by atoms with Crippen molar-refractivity contribution >= 4 is 16.8 Å². The van der Waals surface area contributed by atoms with Gasteiger partial charge in [0.15, 0.2) is 5.58 Å². The van der Waals surface area contributed by atoms with Crippen LogP contribution in [0.1, 0.15) is 5.56 Å². The van der Waals surface area contributed by atoms with Gasteiger partial charge in [-0.25, -0.2) is 9.37 Å². The van der Waals surface area contributed by atoms with E-state index >= 15 is 0 Å². The Morgan fingerprint density at radius 3 is 2.75 bits per heavy atom. The maximum atomic E-state index is 13.7. The minimum Gasteiger partial charge on any atom is -0.436 e. The highest BCUT2D eigenvalue weighted by Crippen LogP contribution is 2.30. The molecule has 0 N–H and O–H groups in total. The van der Waals surface area contributed by atoms with Crippen molar-refractivity contribution < 1.29 is 13.7 Å². The number of nitro groups is 1. The summed E-state index contributed by atoms with van der Waals surface area (Å²) in [4.78, 5) is 14.5. The van der Waals surface area contributed by atoms with Crippen molar-refractivity contribution in [2.24, 2.45) is 0 Å². The van der Waals surface area contributed by atoms with Gasteiger partial charge in [-0.05, 0) is 19.1 Å². The molecule has 1 aromatic heterocycles. The average molecular weight is 272 g/mol. The summed E-state index contributed by atoms with van der Waals surface area (Å²) in [5.41, 5.74) is 1.52. The fourth-order valence-electron chi connectivity index (χ4n) is 2.04. The van der Waals surface area contributed by atoms with Gasteiger partial charge >= 0.3 is 0 Å². The van der Waals surface area contributed by atoms with Crippen LogP contribution in [-0.2, 0) is 0 Å². The third kappa shape index (κ3) is 1.91. The third-order valence-corrected chi connectivity index (χ3v) is 2.98. The summed E-state index contributed by atoms with van der Waals surface area (Å²) >= 11 is 0. The molecule has 0 radical (unpaired) electrons. The van der Waals surface area contributed by atoms with Crippen LogP contribution >= 0.6 is 0 Å². The molecule has 0 saturated carbocycles. The number of fused-ring (bicyclic) bond motifs is 1. The summed E-state index contributed by atoms with van der Waals surface area (Å²) in [5.74, 6) is -0.340. The number of rotatable bonds is 2. The van der Waals surface area contributed by atoms with Crippen LogP contribution in [0, 0.1) is 22.9 Å². The summed E-state index contributed by atoms with van der Waals surface area (Å²) in [6.45, 7) is 1.69. The monoisotopic (exact) mass is 272 g/mol. The van der Waals surface area contributed by atoms with Crippen molar-refractivity contribution in [3.8, 4) is 11.5 Å². The molecule has 100 valence electrons. The highest BCUT2D eigenvalue weighted by molar-refractivity contribution is 5.81. The normalized spacial score (nSPS) is 10.9. The van der Waals surface area contributed by atoms with Gasteiger partial charge in [-0.15, -0.1) is 0 Å². The summed E-state index contributed by atoms with van der Waals surface area (Å²) in [7, 11) is 0. The lowest BCUT2D eigenvalue weighted by Gasteiger charge is -1.96. The Kier molecular flexibility index (Phi) is 2.71. The van der Waals surface area contributed by atoms with Crippen LogP contribution in [0.3, 0.4) is 0 Å². The molecule has 6 heteroatoms. The molecule has 3 rings (SSSR count). The van der Waals surface area contributed by atoms with Crippen molar-refractivity contribution in [2.75, 3.05) is 0 Å². The van der Waals surface area contributed by atoms with Crippen molar-refractivity contribution in [2.45, 2.75) is 6.92 Å². The van der Waals surface area contributed by atoms with Crippen molar-refractivity contribution in [3.05, 3.63) is 57.9 Å². The van der Waals surface area contributed by atoms with E-state index in [2.05, 4.69) is 4.98 Å². The van der Waals surface area contributed by atoms with Crippen LogP contribution in [0.15, 0.2) is 40.8 Å². The second-order valence-corrected chi connectivity index (χ2v) is 4.37. The first-order valence-corrected chi connectivity index (χ1v) is 5.87. The first kappa shape index (κ1) is 12.3. The van der Waals surface area contributed by atoms with Gasteiger partial charge in [0.1, 0.15) is 11.3 Å². The molecule has 0 fully saturated rings. The molecule has 0 unspecified atom stereocenters. The Labute approximate surface area is 112 Å². The van der Waals surface area contributed by atoms with Crippen LogP contribution in [0.5, 0.6) is 0 Å². The van der Waals surface area contributed by atoms with Crippen LogP contribution in [-0.4, -0.2) is 9.91 Å². The van der Waals surface area contributed by atoms with Gasteiger partial charge < -0.3 is 4.42 Å². The summed E-state index contributed by atoms with van der Waals surface area (Å²) in [6, 6.07) is 8.80. The largest absolute Gasteiger partial charge is 0.436 e. The number of nitro benzene ring substituents is 1. The molecule has 2 aromatic carbocycles. The van der Waals surface area contributed by atoms with Gasteiger partial charge in [0, 0.05) is 17.7 Å². The quantitative estimate of drug-likeness (QED) is 0.524. The summed E-state index contributed by atoms with van der Waals surface area (Å²) in [6.07, 6.45) is 0. The molecule has 1 heterocycles. The first-order valence-electron chi connectivity index (χ1n) is 5.87. The lowest BCUT2D eigenvalue weighted by Crippen LogP contribution is -1.88. The Morgan fingerprint density at radius 2 is 2.05 bits per heavy atom. The van der Waals surface area contributed by atoms with Crippen LogP contribution in [0.25, 0.3) is 22.6 Å². The number of oxazole rings is 1. The standard InChI is InChI=1S/C14H9FN2O3/c1-8-6-9(17(18)19)7-12-13(8)20-14(16-12)10-4-2-3-5-11(10)15/h2-7H,1H3. The number of halogens is 1. The lowest BCUT2D eigenvalue weighted by molar-refractivity contribution is -0.384. The zero-order valence-corrected chi connectivity index (χ0v) is 10.5. The van der Waals surface area contributed by atoms with E-state index in [0.29, 0.717) is 16.7 Å². The Hall–Kier alpha value is -2.76.